The summed E-state index contributed by atoms with van der Waals surface area (Å²) in [6.45, 7) is 5.41. The Kier molecular flexibility index (Phi) is 4.27. The minimum atomic E-state index is -0.544. The van der Waals surface area contributed by atoms with Crippen molar-refractivity contribution in [2.45, 2.75) is 32.7 Å². The number of imidazole rings is 1. The number of carbonyl (C=O) groups excluding carboxylic acids is 2. The van der Waals surface area contributed by atoms with Gasteiger partial charge in [-0.05, 0) is 18.8 Å². The molecule has 7 nitrogen and oxygen atoms in total. The standard InChI is InChI=1S/C16H21N5O2/c1-11(2)12(16(23)21-7-3-4-8-21)19-15(22)13-14-18-6-10-20(14)9-5-17-13/h5-6,9-12H,3-4,7-8H2,1-2H3,(H,19,22)/t12-/m0/s1. The van der Waals surface area contributed by atoms with Crippen LogP contribution in [-0.2, 0) is 4.79 Å². The number of hydrogen-bond donors (Lipinski definition) is 1. The van der Waals surface area contributed by atoms with Crippen molar-refractivity contribution in [2.24, 2.45) is 5.92 Å². The Morgan fingerprint density at radius 3 is 2.43 bits per heavy atom. The molecule has 1 aliphatic heterocycles. The maximum Gasteiger partial charge on any atom is 0.274 e. The van der Waals surface area contributed by atoms with Gasteiger partial charge in [-0.25, -0.2) is 9.97 Å². The first-order valence-electron chi connectivity index (χ1n) is 7.95. The first-order chi connectivity index (χ1) is 11.1. The highest BCUT2D eigenvalue weighted by Crippen LogP contribution is 2.14. The molecular formula is C16H21N5O2. The van der Waals surface area contributed by atoms with Crippen molar-refractivity contribution in [3.63, 3.8) is 0 Å². The zero-order chi connectivity index (χ0) is 16.4. The number of rotatable bonds is 4. The van der Waals surface area contributed by atoms with Crippen molar-refractivity contribution < 1.29 is 9.59 Å². The van der Waals surface area contributed by atoms with Crippen LogP contribution in [0, 0.1) is 5.92 Å². The zero-order valence-corrected chi connectivity index (χ0v) is 13.4. The summed E-state index contributed by atoms with van der Waals surface area (Å²) in [6.07, 6.45) is 8.70. The fourth-order valence-electron chi connectivity index (χ4n) is 2.87. The minimum absolute atomic E-state index is 0.00604. The molecule has 2 amide bonds. The SMILES string of the molecule is CC(C)[C@H](NC(=O)c1nccn2ccnc12)C(=O)N1CCCC1. The molecule has 0 aromatic carbocycles. The summed E-state index contributed by atoms with van der Waals surface area (Å²) < 4.78 is 1.73. The lowest BCUT2D eigenvalue weighted by Crippen LogP contribution is -2.50. The van der Waals surface area contributed by atoms with Gasteiger partial charge in [-0.3, -0.25) is 9.59 Å². The summed E-state index contributed by atoms with van der Waals surface area (Å²) in [5.74, 6) is -0.374. The van der Waals surface area contributed by atoms with Crippen LogP contribution < -0.4 is 5.32 Å². The topological polar surface area (TPSA) is 79.6 Å². The Balaban J connectivity index is 1.81. The van der Waals surface area contributed by atoms with Crippen molar-refractivity contribution >= 4 is 17.5 Å². The molecule has 23 heavy (non-hydrogen) atoms. The number of fused-ring (bicyclic) bond motifs is 1. The molecule has 2 aromatic heterocycles. The number of nitrogens with one attached hydrogen (secondary N) is 1. The van der Waals surface area contributed by atoms with E-state index in [1.54, 1.807) is 29.2 Å². The summed E-state index contributed by atoms with van der Waals surface area (Å²) in [7, 11) is 0. The summed E-state index contributed by atoms with van der Waals surface area (Å²) in [6, 6.07) is -0.544. The van der Waals surface area contributed by atoms with Gasteiger partial charge < -0.3 is 14.6 Å². The van der Waals surface area contributed by atoms with E-state index in [2.05, 4.69) is 15.3 Å². The fourth-order valence-corrected chi connectivity index (χ4v) is 2.87. The Labute approximate surface area is 134 Å². The lowest BCUT2D eigenvalue weighted by Gasteiger charge is -2.26. The highest BCUT2D eigenvalue weighted by atomic mass is 16.2. The molecule has 0 aliphatic carbocycles. The third-order valence-electron chi connectivity index (χ3n) is 4.16. The number of aromatic nitrogens is 3. The smallest absolute Gasteiger partial charge is 0.274 e. The van der Waals surface area contributed by atoms with Crippen LogP contribution in [0.2, 0.25) is 0 Å². The summed E-state index contributed by atoms with van der Waals surface area (Å²) >= 11 is 0. The predicted molar refractivity (Wildman–Crippen MR) is 84.9 cm³/mol. The molecule has 1 N–H and O–H groups in total. The molecule has 3 heterocycles. The Morgan fingerprint density at radius 2 is 1.78 bits per heavy atom. The summed E-state index contributed by atoms with van der Waals surface area (Å²) in [5.41, 5.74) is 0.721. The van der Waals surface area contributed by atoms with Gasteiger partial charge in [0.25, 0.3) is 5.91 Å². The van der Waals surface area contributed by atoms with E-state index in [1.165, 1.54) is 0 Å². The molecule has 7 heteroatoms. The maximum absolute atomic E-state index is 12.6. The van der Waals surface area contributed by atoms with Gasteiger partial charge in [0.15, 0.2) is 11.3 Å². The first-order valence-corrected chi connectivity index (χ1v) is 7.95. The van der Waals surface area contributed by atoms with Gasteiger partial charge in [0.1, 0.15) is 6.04 Å². The van der Waals surface area contributed by atoms with E-state index in [1.807, 2.05) is 18.7 Å². The molecule has 0 bridgehead atoms. The van der Waals surface area contributed by atoms with Gasteiger partial charge in [-0.1, -0.05) is 13.8 Å². The summed E-state index contributed by atoms with van der Waals surface area (Å²) in [5, 5.41) is 2.85. The number of amides is 2. The summed E-state index contributed by atoms with van der Waals surface area (Å²) in [4.78, 5) is 35.3. The van der Waals surface area contributed by atoms with Crippen LogP contribution in [0.3, 0.4) is 0 Å². The number of hydrogen-bond acceptors (Lipinski definition) is 4. The molecule has 0 spiro atoms. The zero-order valence-electron chi connectivity index (χ0n) is 13.4. The number of likely N-dealkylation sites (tertiary alicyclic amines) is 1. The van der Waals surface area contributed by atoms with E-state index in [-0.39, 0.29) is 23.4 Å². The van der Waals surface area contributed by atoms with Gasteiger partial charge in [0.2, 0.25) is 5.91 Å². The van der Waals surface area contributed by atoms with Gasteiger partial charge in [0.05, 0.1) is 0 Å². The van der Waals surface area contributed by atoms with Gasteiger partial charge in [0, 0.05) is 37.9 Å². The average molecular weight is 315 g/mol. The van der Waals surface area contributed by atoms with Crippen molar-refractivity contribution in [1.29, 1.82) is 0 Å². The van der Waals surface area contributed by atoms with E-state index in [4.69, 9.17) is 0 Å². The highest BCUT2D eigenvalue weighted by molar-refractivity contribution is 6.00. The second-order valence-electron chi connectivity index (χ2n) is 6.16. The van der Waals surface area contributed by atoms with E-state index in [0.717, 1.165) is 25.9 Å². The van der Waals surface area contributed by atoms with E-state index < -0.39 is 6.04 Å². The van der Waals surface area contributed by atoms with Gasteiger partial charge in [-0.2, -0.15) is 0 Å². The monoisotopic (exact) mass is 315 g/mol. The van der Waals surface area contributed by atoms with Crippen LogP contribution in [0.25, 0.3) is 5.65 Å². The molecular weight excluding hydrogens is 294 g/mol. The molecule has 1 saturated heterocycles. The van der Waals surface area contributed by atoms with E-state index in [9.17, 15) is 9.59 Å². The largest absolute Gasteiger partial charge is 0.341 e. The molecule has 0 saturated carbocycles. The van der Waals surface area contributed by atoms with Crippen LogP contribution in [0.4, 0.5) is 0 Å². The molecule has 0 unspecified atom stereocenters. The lowest BCUT2D eigenvalue weighted by atomic mass is 10.0. The van der Waals surface area contributed by atoms with Gasteiger partial charge in [-0.15, -0.1) is 0 Å². The molecule has 2 aromatic rings. The van der Waals surface area contributed by atoms with Crippen LogP contribution in [-0.4, -0.2) is 50.2 Å². The lowest BCUT2D eigenvalue weighted by molar-refractivity contribution is -0.133. The van der Waals surface area contributed by atoms with Gasteiger partial charge >= 0.3 is 0 Å². The molecule has 1 aliphatic rings. The molecule has 122 valence electrons. The van der Waals surface area contributed by atoms with Crippen LogP contribution in [0.15, 0.2) is 24.8 Å². The van der Waals surface area contributed by atoms with Crippen molar-refractivity contribution in [3.05, 3.63) is 30.5 Å². The second kappa shape index (κ2) is 6.36. The van der Waals surface area contributed by atoms with Crippen molar-refractivity contribution in [2.75, 3.05) is 13.1 Å². The quantitative estimate of drug-likeness (QED) is 0.916. The molecule has 0 radical (unpaired) electrons. The Bertz CT molecular complexity index is 718. The fraction of sp³-hybridized carbons (Fsp3) is 0.500. The maximum atomic E-state index is 12.6. The molecule has 3 rings (SSSR count). The van der Waals surface area contributed by atoms with Crippen LogP contribution in [0.5, 0.6) is 0 Å². The van der Waals surface area contributed by atoms with Crippen LogP contribution in [0.1, 0.15) is 37.2 Å². The third kappa shape index (κ3) is 3.04. The average Bonchev–Trinajstić information content (AvgIpc) is 3.21. The van der Waals surface area contributed by atoms with Crippen LogP contribution >= 0.6 is 0 Å². The van der Waals surface area contributed by atoms with Crippen molar-refractivity contribution in [3.8, 4) is 0 Å². The number of carbonyl (C=O) groups is 2. The normalized spacial score (nSPS) is 16.0. The second-order valence-corrected chi connectivity index (χ2v) is 6.16. The highest BCUT2D eigenvalue weighted by Gasteiger charge is 2.31. The minimum Gasteiger partial charge on any atom is -0.341 e. The third-order valence-corrected chi connectivity index (χ3v) is 4.16. The number of nitrogens with zero attached hydrogens (tertiary/aromatic N) is 4. The van der Waals surface area contributed by atoms with E-state index >= 15 is 0 Å². The predicted octanol–water partition coefficient (Wildman–Crippen LogP) is 1.11. The first kappa shape index (κ1) is 15.5. The van der Waals surface area contributed by atoms with E-state index in [0.29, 0.717) is 5.65 Å². The molecule has 1 atom stereocenters. The molecule has 1 fully saturated rings. The Morgan fingerprint density at radius 1 is 1.13 bits per heavy atom. The van der Waals surface area contributed by atoms with Crippen molar-refractivity contribution in [1.82, 2.24) is 24.6 Å². The Hall–Kier alpha value is -2.44.